The van der Waals surface area contributed by atoms with Crippen molar-refractivity contribution < 1.29 is 19.4 Å². The van der Waals surface area contributed by atoms with E-state index in [4.69, 9.17) is 31.9 Å². The summed E-state index contributed by atoms with van der Waals surface area (Å²) in [7, 11) is 0. The Kier molecular flexibility index (Phi) is 2.42. The van der Waals surface area contributed by atoms with E-state index in [-0.39, 0.29) is 17.4 Å². The minimum absolute atomic E-state index is 0.0506. The number of aliphatic carboxylic acids is 1. The first-order valence-electron chi connectivity index (χ1n) is 4.17. The second kappa shape index (κ2) is 3.60. The highest BCUT2D eigenvalue weighted by atomic mass is 35.5. The predicted molar refractivity (Wildman–Crippen MR) is 52.1 cm³/mol. The molecule has 1 heterocycles. The molecule has 0 spiro atoms. The summed E-state index contributed by atoms with van der Waals surface area (Å²) in [4.78, 5) is 10.8. The van der Waals surface area contributed by atoms with E-state index in [0.29, 0.717) is 11.5 Å². The summed E-state index contributed by atoms with van der Waals surface area (Å²) < 4.78 is 10.2. The average molecular weight is 230 g/mol. The van der Waals surface area contributed by atoms with Crippen molar-refractivity contribution in [2.24, 2.45) is 5.73 Å². The number of hydrogen-bond donors (Lipinski definition) is 2. The molecule has 0 amide bonds. The van der Waals surface area contributed by atoms with E-state index >= 15 is 0 Å². The monoisotopic (exact) mass is 229 g/mol. The Labute approximate surface area is 90.3 Å². The lowest BCUT2D eigenvalue weighted by Crippen LogP contribution is -2.21. The van der Waals surface area contributed by atoms with Crippen LogP contribution in [0.2, 0.25) is 5.02 Å². The van der Waals surface area contributed by atoms with Crippen molar-refractivity contribution >= 4 is 17.6 Å². The van der Waals surface area contributed by atoms with Gasteiger partial charge in [0.05, 0.1) is 0 Å². The second-order valence-electron chi connectivity index (χ2n) is 3.01. The lowest BCUT2D eigenvalue weighted by atomic mass is 10.1. The van der Waals surface area contributed by atoms with Crippen LogP contribution in [-0.2, 0) is 4.79 Å². The van der Waals surface area contributed by atoms with E-state index in [9.17, 15) is 4.79 Å². The van der Waals surface area contributed by atoms with E-state index in [1.165, 1.54) is 6.07 Å². The molecule has 0 aromatic heterocycles. The fourth-order valence-corrected chi connectivity index (χ4v) is 1.65. The number of fused-ring (bicyclic) bond motifs is 1. The molecule has 2 rings (SSSR count). The molecule has 0 aliphatic carbocycles. The minimum Gasteiger partial charge on any atom is -0.480 e. The van der Waals surface area contributed by atoms with Crippen LogP contribution in [0, 0.1) is 0 Å². The Bertz CT molecular complexity index is 421. The van der Waals surface area contributed by atoms with Crippen molar-refractivity contribution in [3.05, 3.63) is 22.7 Å². The Morgan fingerprint density at radius 2 is 2.27 bits per heavy atom. The standard InChI is InChI=1S/C9H8ClNO4/c10-4-1-2-5-8(15-3-14-5)6(4)7(11)9(12)13/h1-2,7H,3,11H2,(H,12,13). The maximum atomic E-state index is 10.8. The normalized spacial score (nSPS) is 15.1. The van der Waals surface area contributed by atoms with Gasteiger partial charge in [-0.05, 0) is 12.1 Å². The largest absolute Gasteiger partial charge is 0.480 e. The van der Waals surface area contributed by atoms with Gasteiger partial charge >= 0.3 is 5.97 Å². The Hall–Kier alpha value is -1.46. The van der Waals surface area contributed by atoms with Gasteiger partial charge in [0, 0.05) is 10.6 Å². The Balaban J connectivity index is 2.54. The molecule has 80 valence electrons. The first kappa shape index (κ1) is 10.1. The lowest BCUT2D eigenvalue weighted by molar-refractivity contribution is -0.138. The van der Waals surface area contributed by atoms with Crippen LogP contribution in [0.25, 0.3) is 0 Å². The molecule has 1 aromatic rings. The second-order valence-corrected chi connectivity index (χ2v) is 3.42. The van der Waals surface area contributed by atoms with Gasteiger partial charge in [-0.2, -0.15) is 0 Å². The minimum atomic E-state index is -1.21. The summed E-state index contributed by atoms with van der Waals surface area (Å²) in [6.07, 6.45) is 0. The van der Waals surface area contributed by atoms with Gasteiger partial charge in [0.1, 0.15) is 6.04 Å². The molecule has 0 saturated carbocycles. The fraction of sp³-hybridized carbons (Fsp3) is 0.222. The first-order chi connectivity index (χ1) is 7.11. The van der Waals surface area contributed by atoms with Crippen molar-refractivity contribution in [1.82, 2.24) is 0 Å². The molecule has 1 aliphatic rings. The van der Waals surface area contributed by atoms with Crippen LogP contribution >= 0.6 is 11.6 Å². The van der Waals surface area contributed by atoms with Crippen LogP contribution in [-0.4, -0.2) is 17.9 Å². The average Bonchev–Trinajstić information content (AvgIpc) is 2.64. The summed E-state index contributed by atoms with van der Waals surface area (Å²) >= 11 is 5.87. The van der Waals surface area contributed by atoms with Gasteiger partial charge in [0.15, 0.2) is 11.5 Å². The van der Waals surface area contributed by atoms with Crippen molar-refractivity contribution in [2.45, 2.75) is 6.04 Å². The van der Waals surface area contributed by atoms with E-state index < -0.39 is 12.0 Å². The third kappa shape index (κ3) is 1.60. The Morgan fingerprint density at radius 1 is 1.53 bits per heavy atom. The molecule has 0 radical (unpaired) electrons. The van der Waals surface area contributed by atoms with Gasteiger partial charge < -0.3 is 20.3 Å². The highest BCUT2D eigenvalue weighted by molar-refractivity contribution is 6.32. The van der Waals surface area contributed by atoms with Crippen LogP contribution in [0.4, 0.5) is 0 Å². The molecule has 5 nitrogen and oxygen atoms in total. The third-order valence-corrected chi connectivity index (χ3v) is 2.43. The zero-order valence-corrected chi connectivity index (χ0v) is 8.32. The predicted octanol–water partition coefficient (Wildman–Crippen LogP) is 1.15. The van der Waals surface area contributed by atoms with Gasteiger partial charge in [0.2, 0.25) is 6.79 Å². The third-order valence-electron chi connectivity index (χ3n) is 2.10. The number of carbonyl (C=O) groups is 1. The fourth-order valence-electron chi connectivity index (χ4n) is 1.38. The summed E-state index contributed by atoms with van der Waals surface area (Å²) in [5.41, 5.74) is 5.74. The number of nitrogens with two attached hydrogens (primary N) is 1. The Morgan fingerprint density at radius 3 is 2.93 bits per heavy atom. The molecule has 0 saturated heterocycles. The van der Waals surface area contributed by atoms with Crippen molar-refractivity contribution in [3.8, 4) is 11.5 Å². The number of halogens is 1. The molecule has 0 bridgehead atoms. The van der Waals surface area contributed by atoms with Crippen LogP contribution in [0.1, 0.15) is 11.6 Å². The summed E-state index contributed by atoms with van der Waals surface area (Å²) in [6.45, 7) is 0.0506. The van der Waals surface area contributed by atoms with E-state index in [0.717, 1.165) is 0 Å². The van der Waals surface area contributed by atoms with E-state index in [1.54, 1.807) is 6.07 Å². The molecule has 1 atom stereocenters. The van der Waals surface area contributed by atoms with E-state index in [1.807, 2.05) is 0 Å². The van der Waals surface area contributed by atoms with Crippen LogP contribution < -0.4 is 15.2 Å². The molecule has 0 fully saturated rings. The van der Waals surface area contributed by atoms with Crippen LogP contribution in [0.5, 0.6) is 11.5 Å². The van der Waals surface area contributed by atoms with Crippen molar-refractivity contribution in [1.29, 1.82) is 0 Å². The number of rotatable bonds is 2. The highest BCUT2D eigenvalue weighted by Gasteiger charge is 2.27. The highest BCUT2D eigenvalue weighted by Crippen LogP contribution is 2.41. The molecule has 1 aliphatic heterocycles. The molecule has 1 aromatic carbocycles. The number of carboxylic acid groups (broad SMARTS) is 1. The summed E-state index contributed by atoms with van der Waals surface area (Å²) in [5, 5.41) is 9.07. The number of ether oxygens (including phenoxy) is 2. The number of benzene rings is 1. The van der Waals surface area contributed by atoms with Gasteiger partial charge in [-0.15, -0.1) is 0 Å². The number of hydrogen-bond acceptors (Lipinski definition) is 4. The van der Waals surface area contributed by atoms with Gasteiger partial charge in [-0.3, -0.25) is 4.79 Å². The van der Waals surface area contributed by atoms with Crippen LogP contribution in [0.3, 0.4) is 0 Å². The molecular weight excluding hydrogens is 222 g/mol. The van der Waals surface area contributed by atoms with Crippen molar-refractivity contribution in [3.63, 3.8) is 0 Å². The maximum Gasteiger partial charge on any atom is 0.325 e. The zero-order chi connectivity index (χ0) is 11.0. The van der Waals surface area contributed by atoms with Crippen LogP contribution in [0.15, 0.2) is 12.1 Å². The molecule has 15 heavy (non-hydrogen) atoms. The SMILES string of the molecule is NC(C(=O)O)c1c(Cl)ccc2c1OCO2. The van der Waals surface area contributed by atoms with Gasteiger partial charge in [-0.25, -0.2) is 0 Å². The van der Waals surface area contributed by atoms with Gasteiger partial charge in [0.25, 0.3) is 0 Å². The zero-order valence-electron chi connectivity index (χ0n) is 7.57. The molecule has 6 heteroatoms. The quantitative estimate of drug-likeness (QED) is 0.795. The van der Waals surface area contributed by atoms with Crippen molar-refractivity contribution in [2.75, 3.05) is 6.79 Å². The molecule has 1 unspecified atom stereocenters. The lowest BCUT2D eigenvalue weighted by Gasteiger charge is -2.11. The summed E-state index contributed by atoms with van der Waals surface area (Å²) in [5.74, 6) is -0.385. The first-order valence-corrected chi connectivity index (χ1v) is 4.55. The van der Waals surface area contributed by atoms with Gasteiger partial charge in [-0.1, -0.05) is 11.6 Å². The molecular formula is C9H8ClNO4. The topological polar surface area (TPSA) is 81.8 Å². The summed E-state index contributed by atoms with van der Waals surface area (Å²) in [6, 6.07) is 1.93. The maximum absolute atomic E-state index is 10.8. The smallest absolute Gasteiger partial charge is 0.325 e. The molecule has 3 N–H and O–H groups in total. The number of carboxylic acids is 1. The van der Waals surface area contributed by atoms with E-state index in [2.05, 4.69) is 0 Å².